The highest BCUT2D eigenvalue weighted by Crippen LogP contribution is 2.21. The van der Waals surface area contributed by atoms with Crippen molar-refractivity contribution in [3.63, 3.8) is 0 Å². The Labute approximate surface area is 111 Å². The SMILES string of the molecule is NCCCc1cc(-c2ccc3occc3n2)ccn1. The molecule has 0 bridgehead atoms. The van der Waals surface area contributed by atoms with E-state index in [9.17, 15) is 0 Å². The zero-order valence-electron chi connectivity index (χ0n) is 10.5. The van der Waals surface area contributed by atoms with E-state index < -0.39 is 0 Å². The Bertz CT molecular complexity index is 690. The molecule has 0 spiro atoms. The number of pyridine rings is 2. The molecule has 4 nitrogen and oxygen atoms in total. The second kappa shape index (κ2) is 5.20. The highest BCUT2D eigenvalue weighted by Gasteiger charge is 2.04. The topological polar surface area (TPSA) is 64.9 Å². The summed E-state index contributed by atoms with van der Waals surface area (Å²) in [6.45, 7) is 0.686. The number of nitrogens with two attached hydrogens (primary N) is 1. The minimum Gasteiger partial charge on any atom is -0.463 e. The third kappa shape index (κ3) is 2.48. The van der Waals surface area contributed by atoms with Crippen LogP contribution in [0.25, 0.3) is 22.4 Å². The fraction of sp³-hybridized carbons (Fsp3) is 0.200. The van der Waals surface area contributed by atoms with Gasteiger partial charge < -0.3 is 10.2 Å². The Morgan fingerprint density at radius 3 is 3.00 bits per heavy atom. The van der Waals surface area contributed by atoms with E-state index in [-0.39, 0.29) is 0 Å². The monoisotopic (exact) mass is 253 g/mol. The zero-order chi connectivity index (χ0) is 13.1. The average molecular weight is 253 g/mol. The van der Waals surface area contributed by atoms with Crippen LogP contribution < -0.4 is 5.73 Å². The fourth-order valence-electron chi connectivity index (χ4n) is 2.07. The molecule has 0 aromatic carbocycles. The first-order valence-corrected chi connectivity index (χ1v) is 6.36. The van der Waals surface area contributed by atoms with Gasteiger partial charge in [-0.15, -0.1) is 0 Å². The second-order valence-corrected chi connectivity index (χ2v) is 4.43. The Hall–Kier alpha value is -2.20. The first-order valence-electron chi connectivity index (χ1n) is 6.36. The lowest BCUT2D eigenvalue weighted by Crippen LogP contribution is -2.01. The summed E-state index contributed by atoms with van der Waals surface area (Å²) in [6, 6.07) is 9.82. The first kappa shape index (κ1) is 11.9. The van der Waals surface area contributed by atoms with E-state index in [4.69, 9.17) is 10.2 Å². The number of rotatable bonds is 4. The Morgan fingerprint density at radius 2 is 2.11 bits per heavy atom. The summed E-state index contributed by atoms with van der Waals surface area (Å²) in [6.07, 6.45) is 5.33. The summed E-state index contributed by atoms with van der Waals surface area (Å²) in [5.74, 6) is 0. The molecule has 0 aliphatic heterocycles. The summed E-state index contributed by atoms with van der Waals surface area (Å²) in [5.41, 5.74) is 10.3. The van der Waals surface area contributed by atoms with Crippen LogP contribution in [0.15, 0.2) is 47.2 Å². The minimum atomic E-state index is 0.686. The van der Waals surface area contributed by atoms with Gasteiger partial charge in [0.1, 0.15) is 5.52 Å². The van der Waals surface area contributed by atoms with Crippen molar-refractivity contribution in [3.05, 3.63) is 48.5 Å². The van der Waals surface area contributed by atoms with Gasteiger partial charge in [-0.3, -0.25) is 4.98 Å². The molecule has 19 heavy (non-hydrogen) atoms. The minimum absolute atomic E-state index is 0.686. The molecule has 3 heterocycles. The van der Waals surface area contributed by atoms with Gasteiger partial charge in [0, 0.05) is 23.5 Å². The van der Waals surface area contributed by atoms with Gasteiger partial charge >= 0.3 is 0 Å². The Morgan fingerprint density at radius 1 is 1.16 bits per heavy atom. The quantitative estimate of drug-likeness (QED) is 0.776. The lowest BCUT2D eigenvalue weighted by Gasteiger charge is -2.04. The third-order valence-corrected chi connectivity index (χ3v) is 3.06. The van der Waals surface area contributed by atoms with Crippen molar-refractivity contribution < 1.29 is 4.42 Å². The van der Waals surface area contributed by atoms with Crippen LogP contribution in [-0.2, 0) is 6.42 Å². The number of fused-ring (bicyclic) bond motifs is 1. The molecule has 0 radical (unpaired) electrons. The van der Waals surface area contributed by atoms with Gasteiger partial charge in [-0.1, -0.05) is 0 Å². The van der Waals surface area contributed by atoms with Crippen LogP contribution in [-0.4, -0.2) is 16.5 Å². The molecule has 3 aromatic rings. The molecule has 96 valence electrons. The van der Waals surface area contributed by atoms with Crippen molar-refractivity contribution in [2.45, 2.75) is 12.8 Å². The lowest BCUT2D eigenvalue weighted by atomic mass is 10.1. The maximum absolute atomic E-state index is 5.53. The molecule has 0 aliphatic carbocycles. The van der Waals surface area contributed by atoms with Crippen molar-refractivity contribution in [3.8, 4) is 11.3 Å². The molecule has 0 saturated heterocycles. The van der Waals surface area contributed by atoms with Crippen LogP contribution in [0, 0.1) is 0 Å². The summed E-state index contributed by atoms with van der Waals surface area (Å²) in [5, 5.41) is 0. The van der Waals surface area contributed by atoms with Gasteiger partial charge in [0.25, 0.3) is 0 Å². The molecule has 0 atom stereocenters. The molecule has 0 aliphatic rings. The van der Waals surface area contributed by atoms with Gasteiger partial charge in [-0.25, -0.2) is 4.98 Å². The molecule has 3 rings (SSSR count). The third-order valence-electron chi connectivity index (χ3n) is 3.06. The standard InChI is InChI=1S/C15H15N3O/c16-7-1-2-12-10-11(5-8-17-12)13-3-4-15-14(18-13)6-9-19-15/h3-6,8-10H,1-2,7,16H2. The van der Waals surface area contributed by atoms with Crippen LogP contribution in [0.3, 0.4) is 0 Å². The summed E-state index contributed by atoms with van der Waals surface area (Å²) in [4.78, 5) is 8.93. The highest BCUT2D eigenvalue weighted by molar-refractivity contribution is 5.76. The van der Waals surface area contributed by atoms with Gasteiger partial charge in [0.05, 0.1) is 12.0 Å². The molecular formula is C15H15N3O. The van der Waals surface area contributed by atoms with Crippen molar-refractivity contribution in [1.82, 2.24) is 9.97 Å². The molecule has 0 unspecified atom stereocenters. The average Bonchev–Trinajstić information content (AvgIpc) is 2.92. The van der Waals surface area contributed by atoms with Crippen LogP contribution in [0.1, 0.15) is 12.1 Å². The maximum Gasteiger partial charge on any atom is 0.152 e. The number of hydrogen-bond acceptors (Lipinski definition) is 4. The summed E-state index contributed by atoms with van der Waals surface area (Å²) < 4.78 is 5.30. The zero-order valence-corrected chi connectivity index (χ0v) is 10.5. The smallest absolute Gasteiger partial charge is 0.152 e. The Kier molecular flexibility index (Phi) is 3.25. The van der Waals surface area contributed by atoms with Crippen molar-refractivity contribution in [1.29, 1.82) is 0 Å². The molecule has 3 aromatic heterocycles. The molecular weight excluding hydrogens is 238 g/mol. The van der Waals surface area contributed by atoms with Crippen LogP contribution >= 0.6 is 0 Å². The van der Waals surface area contributed by atoms with Gasteiger partial charge in [0.15, 0.2) is 5.58 Å². The predicted octanol–water partition coefficient (Wildman–Crippen LogP) is 2.78. The number of nitrogens with zero attached hydrogens (tertiary/aromatic N) is 2. The molecule has 0 saturated carbocycles. The normalized spacial score (nSPS) is 11.0. The first-order chi connectivity index (χ1) is 9.36. The van der Waals surface area contributed by atoms with Crippen molar-refractivity contribution in [2.75, 3.05) is 6.54 Å². The lowest BCUT2D eigenvalue weighted by molar-refractivity contribution is 0.615. The van der Waals surface area contributed by atoms with Crippen LogP contribution in [0.5, 0.6) is 0 Å². The van der Waals surface area contributed by atoms with Crippen LogP contribution in [0.2, 0.25) is 0 Å². The maximum atomic E-state index is 5.53. The number of aromatic nitrogens is 2. The number of hydrogen-bond donors (Lipinski definition) is 1. The van der Waals surface area contributed by atoms with Crippen LogP contribution in [0.4, 0.5) is 0 Å². The van der Waals surface area contributed by atoms with Crippen molar-refractivity contribution in [2.24, 2.45) is 5.73 Å². The summed E-state index contributed by atoms with van der Waals surface area (Å²) in [7, 11) is 0. The summed E-state index contributed by atoms with van der Waals surface area (Å²) >= 11 is 0. The van der Waals surface area contributed by atoms with E-state index >= 15 is 0 Å². The van der Waals surface area contributed by atoms with E-state index in [1.807, 2.05) is 30.5 Å². The second-order valence-electron chi connectivity index (χ2n) is 4.43. The molecule has 4 heteroatoms. The van der Waals surface area contributed by atoms with E-state index in [1.165, 1.54) is 0 Å². The fourth-order valence-corrected chi connectivity index (χ4v) is 2.07. The van der Waals surface area contributed by atoms with Gasteiger partial charge in [-0.05, 0) is 43.7 Å². The molecule has 0 amide bonds. The van der Waals surface area contributed by atoms with E-state index in [0.717, 1.165) is 40.9 Å². The van der Waals surface area contributed by atoms with E-state index in [2.05, 4.69) is 16.0 Å². The predicted molar refractivity (Wildman–Crippen MR) is 74.6 cm³/mol. The molecule has 2 N–H and O–H groups in total. The van der Waals surface area contributed by atoms with Gasteiger partial charge in [-0.2, -0.15) is 0 Å². The van der Waals surface area contributed by atoms with Crippen molar-refractivity contribution >= 4 is 11.1 Å². The van der Waals surface area contributed by atoms with E-state index in [1.54, 1.807) is 6.26 Å². The van der Waals surface area contributed by atoms with E-state index in [0.29, 0.717) is 6.54 Å². The largest absolute Gasteiger partial charge is 0.463 e. The molecule has 0 fully saturated rings. The number of furan rings is 1. The Balaban J connectivity index is 1.95. The number of aryl methyl sites for hydroxylation is 1. The van der Waals surface area contributed by atoms with Gasteiger partial charge in [0.2, 0.25) is 0 Å². The highest BCUT2D eigenvalue weighted by atomic mass is 16.3.